The van der Waals surface area contributed by atoms with Crippen LogP contribution in [0.5, 0.6) is 0 Å². The highest BCUT2D eigenvalue weighted by atomic mass is 35.5. The van der Waals surface area contributed by atoms with Crippen LogP contribution in [0.4, 0.5) is 10.1 Å². The van der Waals surface area contributed by atoms with E-state index >= 15 is 0 Å². The van der Waals surface area contributed by atoms with Gasteiger partial charge in [0, 0.05) is 42.7 Å². The summed E-state index contributed by atoms with van der Waals surface area (Å²) in [5, 5.41) is 3.59. The molecule has 0 heterocycles. The Hall–Kier alpha value is -2.59. The molecule has 0 fully saturated rings. The highest BCUT2D eigenvalue weighted by Crippen LogP contribution is 2.25. The molecule has 6 nitrogen and oxygen atoms in total. The third kappa shape index (κ3) is 7.44. The number of hydrogen-bond acceptors (Lipinski definition) is 4. The van der Waals surface area contributed by atoms with Gasteiger partial charge in [0.05, 0.1) is 12.2 Å². The highest BCUT2D eigenvalue weighted by molar-refractivity contribution is 7.98. The van der Waals surface area contributed by atoms with Crippen LogP contribution in [0.3, 0.4) is 0 Å². The Morgan fingerprint density at radius 2 is 1.60 bits per heavy atom. The number of anilines is 1. The number of halogens is 2. The fourth-order valence-electron chi connectivity index (χ4n) is 3.18. The first-order valence-electron chi connectivity index (χ1n) is 10.8. The van der Waals surface area contributed by atoms with E-state index in [1.165, 1.54) is 37.9 Å². The van der Waals surface area contributed by atoms with Gasteiger partial charge in [0.25, 0.3) is 5.91 Å². The number of hydrogen-bond donors (Lipinski definition) is 1. The molecule has 35 heavy (non-hydrogen) atoms. The molecular weight excluding hydrogens is 509 g/mol. The Morgan fingerprint density at radius 1 is 0.971 bits per heavy atom. The van der Waals surface area contributed by atoms with E-state index in [1.807, 2.05) is 24.3 Å². The third-order valence-electron chi connectivity index (χ3n) is 5.12. The summed E-state index contributed by atoms with van der Waals surface area (Å²) >= 11 is 7.60. The summed E-state index contributed by atoms with van der Waals surface area (Å²) in [4.78, 5) is 12.5. The maximum atomic E-state index is 14.4. The van der Waals surface area contributed by atoms with Gasteiger partial charge in [-0.15, -0.1) is 0 Å². The zero-order valence-electron chi connectivity index (χ0n) is 19.4. The second-order valence-electron chi connectivity index (χ2n) is 7.88. The second kappa shape index (κ2) is 12.4. The Bertz CT molecular complexity index is 1240. The fourth-order valence-corrected chi connectivity index (χ4v) is 5.23. The number of carbonyl (C=O) groups excluding carboxylic acids is 1. The third-order valence-corrected chi connectivity index (χ3v) is 8.21. The van der Waals surface area contributed by atoms with Crippen molar-refractivity contribution in [2.24, 2.45) is 0 Å². The molecule has 3 aromatic rings. The predicted octanol–water partition coefficient (Wildman–Crippen LogP) is 4.96. The summed E-state index contributed by atoms with van der Waals surface area (Å²) in [5.41, 5.74) is 2.21. The minimum Gasteiger partial charge on any atom is -0.351 e. The molecule has 0 spiro atoms. The first-order valence-corrected chi connectivity index (χ1v) is 13.8. The van der Waals surface area contributed by atoms with E-state index in [0.29, 0.717) is 22.7 Å². The molecule has 10 heteroatoms. The van der Waals surface area contributed by atoms with Crippen LogP contribution in [-0.2, 0) is 22.5 Å². The predicted molar refractivity (Wildman–Crippen MR) is 142 cm³/mol. The first-order chi connectivity index (χ1) is 16.7. The lowest BCUT2D eigenvalue weighted by atomic mass is 10.1. The number of amides is 1. The average molecular weight is 536 g/mol. The summed E-state index contributed by atoms with van der Waals surface area (Å²) in [7, 11) is -1.15. The van der Waals surface area contributed by atoms with Crippen LogP contribution < -0.4 is 9.62 Å². The molecule has 0 aliphatic heterocycles. The zero-order valence-corrected chi connectivity index (χ0v) is 21.8. The van der Waals surface area contributed by atoms with Crippen LogP contribution in [0.1, 0.15) is 21.5 Å². The van der Waals surface area contributed by atoms with Gasteiger partial charge >= 0.3 is 10.2 Å². The number of nitrogens with one attached hydrogen (secondary N) is 1. The molecule has 0 saturated carbocycles. The van der Waals surface area contributed by atoms with Gasteiger partial charge in [-0.2, -0.15) is 24.5 Å². The van der Waals surface area contributed by atoms with Crippen LogP contribution in [0.15, 0.2) is 72.8 Å². The van der Waals surface area contributed by atoms with Crippen molar-refractivity contribution in [1.29, 1.82) is 0 Å². The minimum atomic E-state index is -3.94. The molecule has 0 aliphatic carbocycles. The minimum absolute atomic E-state index is 0.0425. The number of thioether (sulfide) groups is 1. The standard InChI is InChI=1S/C25H27ClFN3O3S2/c1-29(2)35(32,33)30(24-6-4-3-5-23(24)27)17-19-7-11-21(12-8-19)25(31)28-15-16-34-18-20-9-13-22(26)14-10-20/h3-14H,15-18H2,1-2H3,(H,28,31). The van der Waals surface area contributed by atoms with Crippen LogP contribution in [0, 0.1) is 5.82 Å². The smallest absolute Gasteiger partial charge is 0.303 e. The van der Waals surface area contributed by atoms with Crippen molar-refractivity contribution >= 4 is 45.2 Å². The molecule has 0 aromatic heterocycles. The molecule has 186 valence electrons. The first kappa shape index (κ1) is 27.0. The molecule has 3 aromatic carbocycles. The van der Waals surface area contributed by atoms with Crippen molar-refractivity contribution in [3.63, 3.8) is 0 Å². The van der Waals surface area contributed by atoms with E-state index in [0.717, 1.165) is 20.1 Å². The van der Waals surface area contributed by atoms with Crippen molar-refractivity contribution in [3.05, 3.63) is 100 Å². The van der Waals surface area contributed by atoms with E-state index < -0.39 is 16.0 Å². The Labute approximate surface area is 215 Å². The second-order valence-corrected chi connectivity index (χ2v) is 11.5. The van der Waals surface area contributed by atoms with Crippen LogP contribution in [-0.4, -0.2) is 45.0 Å². The zero-order chi connectivity index (χ0) is 25.4. The lowest BCUT2D eigenvalue weighted by Gasteiger charge is -2.27. The van der Waals surface area contributed by atoms with Crippen molar-refractivity contribution in [1.82, 2.24) is 9.62 Å². The van der Waals surface area contributed by atoms with Gasteiger partial charge < -0.3 is 5.32 Å². The molecule has 3 rings (SSSR count). The fraction of sp³-hybridized carbons (Fsp3) is 0.240. The quantitative estimate of drug-likeness (QED) is 0.352. The van der Waals surface area contributed by atoms with E-state index in [2.05, 4.69) is 5.32 Å². The molecule has 0 atom stereocenters. The van der Waals surface area contributed by atoms with Crippen LogP contribution in [0.2, 0.25) is 5.02 Å². The van der Waals surface area contributed by atoms with Crippen LogP contribution >= 0.6 is 23.4 Å². The number of rotatable bonds is 11. The van der Waals surface area contributed by atoms with Gasteiger partial charge in [0.15, 0.2) is 0 Å². The van der Waals surface area contributed by atoms with E-state index in [1.54, 1.807) is 42.1 Å². The van der Waals surface area contributed by atoms with Gasteiger partial charge in [0.2, 0.25) is 0 Å². The SMILES string of the molecule is CN(C)S(=O)(=O)N(Cc1ccc(C(=O)NCCSCc2ccc(Cl)cc2)cc1)c1ccccc1F. The number of nitrogens with zero attached hydrogens (tertiary/aromatic N) is 2. The molecule has 0 unspecified atom stereocenters. The molecule has 1 N–H and O–H groups in total. The van der Waals surface area contributed by atoms with Crippen LogP contribution in [0.25, 0.3) is 0 Å². The van der Waals surface area contributed by atoms with Gasteiger partial charge in [-0.3, -0.25) is 9.10 Å². The summed E-state index contributed by atoms with van der Waals surface area (Å²) in [6, 6.07) is 20.0. The molecule has 0 aliphatic rings. The van der Waals surface area contributed by atoms with E-state index in [-0.39, 0.29) is 18.1 Å². The maximum absolute atomic E-state index is 14.4. The summed E-state index contributed by atoms with van der Waals surface area (Å²) in [6.07, 6.45) is 0. The van der Waals surface area contributed by atoms with E-state index in [9.17, 15) is 17.6 Å². The summed E-state index contributed by atoms with van der Waals surface area (Å²) < 4.78 is 42.2. The lowest BCUT2D eigenvalue weighted by molar-refractivity contribution is 0.0956. The average Bonchev–Trinajstić information content (AvgIpc) is 2.84. The monoisotopic (exact) mass is 535 g/mol. The molecule has 0 saturated heterocycles. The van der Waals surface area contributed by atoms with Crippen molar-refractivity contribution < 1.29 is 17.6 Å². The highest BCUT2D eigenvalue weighted by Gasteiger charge is 2.27. The molecule has 1 amide bonds. The normalized spacial score (nSPS) is 11.5. The number of benzene rings is 3. The van der Waals surface area contributed by atoms with Crippen molar-refractivity contribution in [2.45, 2.75) is 12.3 Å². The topological polar surface area (TPSA) is 69.7 Å². The lowest BCUT2D eigenvalue weighted by Crippen LogP contribution is -2.40. The van der Waals surface area contributed by atoms with Crippen molar-refractivity contribution in [2.75, 3.05) is 30.7 Å². The maximum Gasteiger partial charge on any atom is 0.303 e. The van der Waals surface area contributed by atoms with E-state index in [4.69, 9.17) is 11.6 Å². The summed E-state index contributed by atoms with van der Waals surface area (Å²) in [5.74, 6) is 0.737. The number of para-hydroxylation sites is 1. The molecule has 0 bridgehead atoms. The molecular formula is C25H27ClFN3O3S2. The van der Waals surface area contributed by atoms with Gasteiger partial charge in [0.1, 0.15) is 5.82 Å². The largest absolute Gasteiger partial charge is 0.351 e. The van der Waals surface area contributed by atoms with Gasteiger partial charge in [-0.1, -0.05) is 48.0 Å². The Balaban J connectivity index is 1.58. The number of carbonyl (C=O) groups is 1. The molecule has 0 radical (unpaired) electrons. The summed E-state index contributed by atoms with van der Waals surface area (Å²) in [6.45, 7) is 0.436. The van der Waals surface area contributed by atoms with Crippen molar-refractivity contribution in [3.8, 4) is 0 Å². The Kier molecular flexibility index (Phi) is 9.56. The van der Waals surface area contributed by atoms with Gasteiger partial charge in [-0.25, -0.2) is 4.39 Å². The Morgan fingerprint density at radius 3 is 2.23 bits per heavy atom. The van der Waals surface area contributed by atoms with Gasteiger partial charge in [-0.05, 0) is 47.5 Å².